The Morgan fingerprint density at radius 3 is 1.55 bits per heavy atom. The summed E-state index contributed by atoms with van der Waals surface area (Å²) in [6, 6.07) is 4.39. The fraction of sp³-hybridized carbons (Fsp3) is 0.750. The lowest BCUT2D eigenvalue weighted by molar-refractivity contribution is -0.697. The lowest BCUT2D eigenvalue weighted by atomic mass is 10.1. The van der Waals surface area contributed by atoms with Gasteiger partial charge in [0.2, 0.25) is 0 Å². The van der Waals surface area contributed by atoms with Crippen LogP contribution in [-0.4, -0.2) is 0 Å². The van der Waals surface area contributed by atoms with Crippen LogP contribution in [0.15, 0.2) is 24.5 Å². The number of hydrogen-bond donors (Lipinski definition) is 0. The quantitative estimate of drug-likeness (QED) is 0.390. The number of hydrogen-bond acceptors (Lipinski definition) is 0. The Morgan fingerprint density at radius 1 is 0.682 bits per heavy atom. The Bertz CT molecular complexity index is 334. The van der Waals surface area contributed by atoms with E-state index in [1.807, 2.05) is 0 Å². The fourth-order valence-electron chi connectivity index (χ4n) is 2.82. The maximum absolute atomic E-state index is 2.31. The third-order valence-corrected chi connectivity index (χ3v) is 4.33. The molecule has 1 aromatic heterocycles. The number of rotatable bonds is 13. The number of halogens is 1. The Balaban J connectivity index is 0.00000441. The van der Waals surface area contributed by atoms with Gasteiger partial charge in [0, 0.05) is 18.6 Å². The van der Waals surface area contributed by atoms with Gasteiger partial charge >= 0.3 is 0 Å². The van der Waals surface area contributed by atoms with Crippen molar-refractivity contribution in [2.24, 2.45) is 0 Å². The van der Waals surface area contributed by atoms with E-state index in [2.05, 4.69) is 42.9 Å². The molecule has 128 valence electrons. The van der Waals surface area contributed by atoms with Gasteiger partial charge in [0.15, 0.2) is 12.4 Å². The average molecular weight is 310 g/mol. The molecular formula is C20H36FN. The highest BCUT2D eigenvalue weighted by Crippen LogP contribution is 2.11. The molecular weight excluding hydrogens is 273 g/mol. The van der Waals surface area contributed by atoms with Crippen molar-refractivity contribution in [2.45, 2.75) is 97.4 Å². The van der Waals surface area contributed by atoms with Crippen LogP contribution in [0, 0.1) is 6.92 Å². The molecule has 0 aromatic carbocycles. The van der Waals surface area contributed by atoms with Crippen LogP contribution in [-0.2, 0) is 6.54 Å². The summed E-state index contributed by atoms with van der Waals surface area (Å²) in [5, 5.41) is 0. The van der Waals surface area contributed by atoms with Gasteiger partial charge in [-0.15, -0.1) is 0 Å². The Morgan fingerprint density at radius 2 is 1.09 bits per heavy atom. The summed E-state index contributed by atoms with van der Waals surface area (Å²) in [5.41, 5.74) is 1.35. The zero-order valence-corrected chi connectivity index (χ0v) is 14.8. The smallest absolute Gasteiger partial charge is 0.169 e. The number of nitrogens with zero attached hydrogens (tertiary/aromatic N) is 1. The Labute approximate surface area is 137 Å². The van der Waals surface area contributed by atoms with Crippen LogP contribution in [0.3, 0.4) is 0 Å². The highest BCUT2D eigenvalue weighted by Gasteiger charge is 1.99. The lowest BCUT2D eigenvalue weighted by Gasteiger charge is -2.02. The van der Waals surface area contributed by atoms with E-state index in [9.17, 15) is 0 Å². The Kier molecular flexibility index (Phi) is 14.4. The standard InChI is InChI=1S/C20H36N.FH/c1-3-4-5-6-7-8-9-10-11-12-13-14-17-21-18-15-20(2)16-19-21;/h15-16,18-19H,3-14,17H2,1-2H3;1H/q+1;/p-1. The van der Waals surface area contributed by atoms with Crippen molar-refractivity contribution >= 4 is 0 Å². The van der Waals surface area contributed by atoms with Gasteiger partial charge in [-0.1, -0.05) is 71.1 Å². The minimum Gasteiger partial charge on any atom is -1.00 e. The molecule has 1 nitrogen and oxygen atoms in total. The maximum atomic E-state index is 2.31. The average Bonchev–Trinajstić information content (AvgIpc) is 2.50. The van der Waals surface area contributed by atoms with Gasteiger partial charge < -0.3 is 4.70 Å². The van der Waals surface area contributed by atoms with Gasteiger partial charge in [0.25, 0.3) is 0 Å². The molecule has 1 aromatic rings. The van der Waals surface area contributed by atoms with Crippen molar-refractivity contribution in [3.63, 3.8) is 0 Å². The van der Waals surface area contributed by atoms with Crippen LogP contribution in [0.25, 0.3) is 0 Å². The number of aryl methyl sites for hydroxylation is 2. The molecule has 1 rings (SSSR count). The van der Waals surface area contributed by atoms with E-state index in [4.69, 9.17) is 0 Å². The first-order valence-electron chi connectivity index (χ1n) is 9.28. The molecule has 0 N–H and O–H groups in total. The minimum atomic E-state index is 0. The van der Waals surface area contributed by atoms with E-state index in [1.165, 1.54) is 89.2 Å². The number of pyridine rings is 1. The van der Waals surface area contributed by atoms with E-state index >= 15 is 0 Å². The summed E-state index contributed by atoms with van der Waals surface area (Å²) in [6.07, 6.45) is 21.5. The van der Waals surface area contributed by atoms with Crippen molar-refractivity contribution in [1.82, 2.24) is 0 Å². The molecule has 0 bridgehead atoms. The van der Waals surface area contributed by atoms with E-state index in [0.29, 0.717) is 0 Å². The molecule has 0 fully saturated rings. The topological polar surface area (TPSA) is 3.88 Å². The molecule has 0 spiro atoms. The second kappa shape index (κ2) is 15.0. The Hall–Kier alpha value is -0.920. The fourth-order valence-corrected chi connectivity index (χ4v) is 2.82. The summed E-state index contributed by atoms with van der Waals surface area (Å²) in [4.78, 5) is 0. The van der Waals surface area contributed by atoms with Gasteiger partial charge in [0.1, 0.15) is 6.54 Å². The summed E-state index contributed by atoms with van der Waals surface area (Å²) in [5.74, 6) is 0. The second-order valence-corrected chi connectivity index (χ2v) is 6.50. The molecule has 0 unspecified atom stereocenters. The van der Waals surface area contributed by atoms with Crippen LogP contribution in [0.4, 0.5) is 0 Å². The predicted octanol–water partition coefficient (Wildman–Crippen LogP) is 2.99. The molecule has 0 saturated carbocycles. The molecule has 0 radical (unpaired) electrons. The third-order valence-electron chi connectivity index (χ3n) is 4.33. The molecule has 0 saturated heterocycles. The molecule has 0 amide bonds. The molecule has 0 aliphatic carbocycles. The highest BCUT2D eigenvalue weighted by molar-refractivity contribution is 5.03. The van der Waals surface area contributed by atoms with Crippen molar-refractivity contribution in [3.05, 3.63) is 30.1 Å². The monoisotopic (exact) mass is 309 g/mol. The van der Waals surface area contributed by atoms with Crippen molar-refractivity contribution in [1.29, 1.82) is 0 Å². The minimum absolute atomic E-state index is 0. The lowest BCUT2D eigenvalue weighted by Crippen LogP contribution is -3.00. The molecule has 0 atom stereocenters. The van der Waals surface area contributed by atoms with E-state index in [0.717, 1.165) is 0 Å². The first-order chi connectivity index (χ1) is 10.3. The van der Waals surface area contributed by atoms with Gasteiger partial charge in [-0.25, -0.2) is 4.57 Å². The molecule has 0 aliphatic rings. The highest BCUT2D eigenvalue weighted by atomic mass is 19.0. The van der Waals surface area contributed by atoms with Crippen LogP contribution >= 0.6 is 0 Å². The summed E-state index contributed by atoms with van der Waals surface area (Å²) < 4.78 is 2.31. The van der Waals surface area contributed by atoms with Gasteiger partial charge in [-0.2, -0.15) is 0 Å². The third kappa shape index (κ3) is 11.7. The van der Waals surface area contributed by atoms with E-state index < -0.39 is 0 Å². The van der Waals surface area contributed by atoms with Crippen LogP contribution < -0.4 is 9.27 Å². The normalized spacial score (nSPS) is 10.5. The van der Waals surface area contributed by atoms with Gasteiger partial charge in [-0.3, -0.25) is 0 Å². The zero-order valence-electron chi connectivity index (χ0n) is 14.8. The van der Waals surface area contributed by atoms with Crippen LogP contribution in [0.2, 0.25) is 0 Å². The van der Waals surface area contributed by atoms with Crippen LogP contribution in [0.5, 0.6) is 0 Å². The first kappa shape index (κ1) is 21.1. The molecule has 0 aliphatic heterocycles. The molecule has 2 heteroatoms. The predicted molar refractivity (Wildman–Crippen MR) is 92.5 cm³/mol. The maximum Gasteiger partial charge on any atom is 0.169 e. The van der Waals surface area contributed by atoms with Crippen molar-refractivity contribution < 1.29 is 9.27 Å². The van der Waals surface area contributed by atoms with Gasteiger partial charge in [-0.05, 0) is 18.9 Å². The van der Waals surface area contributed by atoms with Gasteiger partial charge in [0.05, 0.1) is 0 Å². The largest absolute Gasteiger partial charge is 1.00 e. The summed E-state index contributed by atoms with van der Waals surface area (Å²) in [6.45, 7) is 5.61. The summed E-state index contributed by atoms with van der Waals surface area (Å²) >= 11 is 0. The SMILES string of the molecule is CCCCCCCCCCCCCC[n+]1ccc(C)cc1.[F-]. The van der Waals surface area contributed by atoms with Crippen molar-refractivity contribution in [3.8, 4) is 0 Å². The first-order valence-corrected chi connectivity index (χ1v) is 9.28. The number of aromatic nitrogens is 1. The van der Waals surface area contributed by atoms with E-state index in [-0.39, 0.29) is 4.70 Å². The molecule has 22 heavy (non-hydrogen) atoms. The molecule has 1 heterocycles. The van der Waals surface area contributed by atoms with E-state index in [1.54, 1.807) is 0 Å². The summed E-state index contributed by atoms with van der Waals surface area (Å²) in [7, 11) is 0. The zero-order chi connectivity index (χ0) is 15.2. The van der Waals surface area contributed by atoms with Crippen molar-refractivity contribution in [2.75, 3.05) is 0 Å². The number of unbranched alkanes of at least 4 members (excludes halogenated alkanes) is 11. The van der Waals surface area contributed by atoms with Crippen LogP contribution in [0.1, 0.15) is 89.5 Å². The second-order valence-electron chi connectivity index (χ2n) is 6.50.